The predicted octanol–water partition coefficient (Wildman–Crippen LogP) is 3.51. The molecule has 2 amide bonds. The third kappa shape index (κ3) is 2.96. The average molecular weight is 316 g/mol. The molecule has 1 heterocycles. The maximum Gasteiger partial charge on any atom is 0.255 e. The smallest absolute Gasteiger partial charge is 0.255 e. The highest BCUT2D eigenvalue weighted by Gasteiger charge is 2.23. The maximum atomic E-state index is 12.8. The molecule has 0 bridgehead atoms. The fourth-order valence-electron chi connectivity index (χ4n) is 2.09. The summed E-state index contributed by atoms with van der Waals surface area (Å²) >= 11 is 1.46. The zero-order valence-electron chi connectivity index (χ0n) is 11.7. The van der Waals surface area contributed by atoms with Crippen LogP contribution in [0.4, 0.5) is 15.8 Å². The second-order valence-electron chi connectivity index (χ2n) is 4.92. The third-order valence-corrected chi connectivity index (χ3v) is 4.45. The van der Waals surface area contributed by atoms with Crippen molar-refractivity contribution >= 4 is 35.0 Å². The molecule has 112 valence electrons. The first-order valence-electron chi connectivity index (χ1n) is 6.71. The van der Waals surface area contributed by atoms with Crippen LogP contribution in [0.1, 0.15) is 17.3 Å². The van der Waals surface area contributed by atoms with Gasteiger partial charge in [0, 0.05) is 16.1 Å². The van der Waals surface area contributed by atoms with Gasteiger partial charge in [0.2, 0.25) is 5.91 Å². The molecule has 0 unspecified atom stereocenters. The summed E-state index contributed by atoms with van der Waals surface area (Å²) in [4.78, 5) is 24.8. The van der Waals surface area contributed by atoms with E-state index in [-0.39, 0.29) is 22.9 Å². The molecule has 22 heavy (non-hydrogen) atoms. The molecule has 3 rings (SSSR count). The molecule has 6 heteroatoms. The van der Waals surface area contributed by atoms with Gasteiger partial charge in [-0.1, -0.05) is 0 Å². The van der Waals surface area contributed by atoms with Crippen molar-refractivity contribution < 1.29 is 14.0 Å². The van der Waals surface area contributed by atoms with Crippen LogP contribution >= 0.6 is 11.8 Å². The molecule has 0 radical (unpaired) electrons. The Hall–Kier alpha value is -2.34. The van der Waals surface area contributed by atoms with E-state index in [0.29, 0.717) is 16.9 Å². The maximum absolute atomic E-state index is 12.8. The SMILES string of the molecule is C[C@H]1Sc2ccc(C(=O)Nc3ccc(F)cc3)cc2NC1=O. The van der Waals surface area contributed by atoms with Crippen molar-refractivity contribution in [2.75, 3.05) is 10.6 Å². The third-order valence-electron chi connectivity index (χ3n) is 3.27. The van der Waals surface area contributed by atoms with E-state index in [4.69, 9.17) is 0 Å². The largest absolute Gasteiger partial charge is 0.324 e. The molecule has 0 saturated carbocycles. The topological polar surface area (TPSA) is 58.2 Å². The summed E-state index contributed by atoms with van der Waals surface area (Å²) in [6, 6.07) is 10.7. The molecule has 4 nitrogen and oxygen atoms in total. The molecule has 2 aromatic rings. The summed E-state index contributed by atoms with van der Waals surface area (Å²) in [7, 11) is 0. The number of thioether (sulfide) groups is 1. The van der Waals surface area contributed by atoms with E-state index >= 15 is 0 Å². The lowest BCUT2D eigenvalue weighted by Crippen LogP contribution is -2.26. The summed E-state index contributed by atoms with van der Waals surface area (Å²) in [5.41, 5.74) is 1.58. The van der Waals surface area contributed by atoms with E-state index in [0.717, 1.165) is 4.90 Å². The molecule has 0 spiro atoms. The Labute approximate surface area is 131 Å². The molecule has 1 aliphatic rings. The number of nitrogens with one attached hydrogen (secondary N) is 2. The van der Waals surface area contributed by atoms with Crippen molar-refractivity contribution in [3.63, 3.8) is 0 Å². The molecule has 0 aromatic heterocycles. The van der Waals surface area contributed by atoms with Crippen molar-refractivity contribution in [3.05, 3.63) is 53.8 Å². The summed E-state index contributed by atoms with van der Waals surface area (Å²) in [5, 5.41) is 5.33. The van der Waals surface area contributed by atoms with Gasteiger partial charge in [-0.3, -0.25) is 9.59 Å². The number of hydrogen-bond donors (Lipinski definition) is 2. The molecule has 0 aliphatic carbocycles. The van der Waals surface area contributed by atoms with E-state index in [9.17, 15) is 14.0 Å². The van der Waals surface area contributed by atoms with Crippen molar-refractivity contribution in [2.24, 2.45) is 0 Å². The minimum absolute atomic E-state index is 0.0754. The number of hydrogen-bond acceptors (Lipinski definition) is 3. The second-order valence-corrected chi connectivity index (χ2v) is 6.30. The number of anilines is 2. The summed E-state index contributed by atoms with van der Waals surface area (Å²) in [6.07, 6.45) is 0. The molecular formula is C16H13FN2O2S. The van der Waals surface area contributed by atoms with E-state index in [1.165, 1.54) is 36.0 Å². The van der Waals surface area contributed by atoms with Crippen molar-refractivity contribution in [1.29, 1.82) is 0 Å². The van der Waals surface area contributed by atoms with Crippen LogP contribution in [0.3, 0.4) is 0 Å². The molecule has 1 aliphatic heterocycles. The van der Waals surface area contributed by atoms with Crippen LogP contribution in [0.15, 0.2) is 47.4 Å². The van der Waals surface area contributed by atoms with Crippen LogP contribution in [0, 0.1) is 5.82 Å². The Balaban J connectivity index is 1.80. The van der Waals surface area contributed by atoms with Gasteiger partial charge in [-0.05, 0) is 49.4 Å². The molecule has 1 atom stereocenters. The molecule has 0 saturated heterocycles. The molecule has 0 fully saturated rings. The summed E-state index contributed by atoms with van der Waals surface area (Å²) < 4.78 is 12.8. The number of halogens is 1. The lowest BCUT2D eigenvalue weighted by molar-refractivity contribution is -0.115. The van der Waals surface area contributed by atoms with Crippen molar-refractivity contribution in [1.82, 2.24) is 0 Å². The van der Waals surface area contributed by atoms with Gasteiger partial charge in [0.25, 0.3) is 5.91 Å². The monoisotopic (exact) mass is 316 g/mol. The number of carbonyl (C=O) groups excluding carboxylic acids is 2. The van der Waals surface area contributed by atoms with E-state index in [1.54, 1.807) is 12.1 Å². The van der Waals surface area contributed by atoms with Crippen LogP contribution in [-0.2, 0) is 4.79 Å². The number of fused-ring (bicyclic) bond motifs is 1. The zero-order valence-corrected chi connectivity index (χ0v) is 12.5. The fourth-order valence-corrected chi connectivity index (χ4v) is 3.02. The van der Waals surface area contributed by atoms with Crippen molar-refractivity contribution in [3.8, 4) is 0 Å². The number of rotatable bonds is 2. The van der Waals surface area contributed by atoms with Gasteiger partial charge in [-0.15, -0.1) is 11.8 Å². The summed E-state index contributed by atoms with van der Waals surface area (Å²) in [5.74, 6) is -0.749. The van der Waals surface area contributed by atoms with Gasteiger partial charge >= 0.3 is 0 Å². The Kier molecular flexibility index (Phi) is 3.85. The number of benzene rings is 2. The van der Waals surface area contributed by atoms with Crippen LogP contribution in [0.2, 0.25) is 0 Å². The first-order valence-corrected chi connectivity index (χ1v) is 7.59. The summed E-state index contributed by atoms with van der Waals surface area (Å²) in [6.45, 7) is 1.83. The lowest BCUT2D eigenvalue weighted by atomic mass is 10.1. The number of amides is 2. The minimum Gasteiger partial charge on any atom is -0.324 e. The van der Waals surface area contributed by atoms with Gasteiger partial charge in [-0.25, -0.2) is 4.39 Å². The number of carbonyl (C=O) groups is 2. The highest BCUT2D eigenvalue weighted by atomic mass is 32.2. The molecule has 2 aromatic carbocycles. The Morgan fingerprint density at radius 1 is 1.23 bits per heavy atom. The van der Waals surface area contributed by atoms with E-state index in [1.807, 2.05) is 13.0 Å². The van der Waals surface area contributed by atoms with Gasteiger partial charge < -0.3 is 10.6 Å². The standard InChI is InChI=1S/C16H13FN2O2S/c1-9-15(20)19-13-8-10(2-7-14(13)22-9)16(21)18-12-5-3-11(17)4-6-12/h2-9H,1H3,(H,18,21)(H,19,20)/t9-/m1/s1. The highest BCUT2D eigenvalue weighted by molar-refractivity contribution is 8.00. The van der Waals surface area contributed by atoms with E-state index in [2.05, 4.69) is 10.6 Å². The highest BCUT2D eigenvalue weighted by Crippen LogP contribution is 2.36. The Morgan fingerprint density at radius 3 is 2.68 bits per heavy atom. The van der Waals surface area contributed by atoms with Gasteiger partial charge in [-0.2, -0.15) is 0 Å². The van der Waals surface area contributed by atoms with Gasteiger partial charge in [0.1, 0.15) is 5.82 Å². The zero-order chi connectivity index (χ0) is 15.7. The first kappa shape index (κ1) is 14.6. The minimum atomic E-state index is -0.361. The fraction of sp³-hybridized carbons (Fsp3) is 0.125. The predicted molar refractivity (Wildman–Crippen MR) is 84.7 cm³/mol. The van der Waals surface area contributed by atoms with Crippen molar-refractivity contribution in [2.45, 2.75) is 17.1 Å². The normalized spacial score (nSPS) is 16.6. The quantitative estimate of drug-likeness (QED) is 0.891. The Morgan fingerprint density at radius 2 is 1.95 bits per heavy atom. The second kappa shape index (κ2) is 5.81. The van der Waals surface area contributed by atoms with E-state index < -0.39 is 0 Å². The van der Waals surface area contributed by atoms with Gasteiger partial charge in [0.05, 0.1) is 10.9 Å². The Bertz CT molecular complexity index is 746. The van der Waals surface area contributed by atoms with Crippen LogP contribution in [0.5, 0.6) is 0 Å². The van der Waals surface area contributed by atoms with Gasteiger partial charge in [0.15, 0.2) is 0 Å². The van der Waals surface area contributed by atoms with Crippen LogP contribution in [-0.4, -0.2) is 17.1 Å². The average Bonchev–Trinajstić information content (AvgIpc) is 2.50. The van der Waals surface area contributed by atoms with Crippen LogP contribution < -0.4 is 10.6 Å². The molecular weight excluding hydrogens is 303 g/mol. The van der Waals surface area contributed by atoms with Crippen LogP contribution in [0.25, 0.3) is 0 Å². The molecule has 2 N–H and O–H groups in total. The first-order chi connectivity index (χ1) is 10.5. The lowest BCUT2D eigenvalue weighted by Gasteiger charge is -2.21.